The van der Waals surface area contributed by atoms with Gasteiger partial charge in [-0.3, -0.25) is 14.8 Å². The minimum atomic E-state index is -0.302. The lowest BCUT2D eigenvalue weighted by Gasteiger charge is -2.29. The molecule has 1 atom stereocenters. The Morgan fingerprint density at radius 3 is 2.76 bits per heavy atom. The standard InChI is InChI=1S/C19H22N4OS/c1-19(10-13-25-18(20)23-19)15-7-5-14(6-8-15)17(24)22-12-9-16-4-2-3-11-21-16/h2-8,11H,9-10,12-13H2,1H3,(H2,20,23)(H,22,24). The Bertz CT molecular complexity index is 761. The molecule has 130 valence electrons. The Balaban J connectivity index is 1.60. The molecule has 1 amide bonds. The van der Waals surface area contributed by atoms with Crippen LogP contribution in [-0.4, -0.2) is 28.4 Å². The fraction of sp³-hybridized carbons (Fsp3) is 0.316. The predicted molar refractivity (Wildman–Crippen MR) is 103 cm³/mol. The molecule has 1 unspecified atom stereocenters. The van der Waals surface area contributed by atoms with Gasteiger partial charge in [-0.2, -0.15) is 0 Å². The van der Waals surface area contributed by atoms with Gasteiger partial charge in [-0.1, -0.05) is 30.0 Å². The van der Waals surface area contributed by atoms with Crippen LogP contribution in [0.4, 0.5) is 0 Å². The molecule has 2 heterocycles. The first-order valence-corrected chi connectivity index (χ1v) is 9.32. The number of nitrogens with one attached hydrogen (secondary N) is 1. The van der Waals surface area contributed by atoms with Gasteiger partial charge in [-0.25, -0.2) is 0 Å². The molecule has 0 fully saturated rings. The maximum atomic E-state index is 12.3. The first-order chi connectivity index (χ1) is 12.1. The Kier molecular flexibility index (Phi) is 5.38. The van der Waals surface area contributed by atoms with Crippen LogP contribution in [0.2, 0.25) is 0 Å². The van der Waals surface area contributed by atoms with Gasteiger partial charge < -0.3 is 11.1 Å². The first-order valence-electron chi connectivity index (χ1n) is 8.34. The van der Waals surface area contributed by atoms with E-state index in [-0.39, 0.29) is 11.4 Å². The topological polar surface area (TPSA) is 80.4 Å². The van der Waals surface area contributed by atoms with E-state index < -0.39 is 0 Å². The second-order valence-corrected chi connectivity index (χ2v) is 7.34. The van der Waals surface area contributed by atoms with Crippen LogP contribution in [0.25, 0.3) is 0 Å². The molecular formula is C19H22N4OS. The van der Waals surface area contributed by atoms with Crippen LogP contribution in [0, 0.1) is 0 Å². The molecule has 5 nitrogen and oxygen atoms in total. The molecule has 1 aromatic heterocycles. The third-order valence-electron chi connectivity index (χ3n) is 4.36. The van der Waals surface area contributed by atoms with E-state index in [9.17, 15) is 4.79 Å². The molecular weight excluding hydrogens is 332 g/mol. The van der Waals surface area contributed by atoms with Gasteiger partial charge >= 0.3 is 0 Å². The van der Waals surface area contributed by atoms with Crippen molar-refractivity contribution in [2.24, 2.45) is 10.7 Å². The van der Waals surface area contributed by atoms with Gasteiger partial charge in [-0.15, -0.1) is 0 Å². The van der Waals surface area contributed by atoms with Crippen molar-refractivity contribution in [1.82, 2.24) is 10.3 Å². The highest BCUT2D eigenvalue weighted by Gasteiger charge is 2.29. The molecule has 0 saturated heterocycles. The number of nitrogens with zero attached hydrogens (tertiary/aromatic N) is 2. The second-order valence-electron chi connectivity index (χ2n) is 6.23. The summed E-state index contributed by atoms with van der Waals surface area (Å²) >= 11 is 1.59. The number of pyridine rings is 1. The van der Waals surface area contributed by atoms with Crippen molar-refractivity contribution in [3.63, 3.8) is 0 Å². The van der Waals surface area contributed by atoms with Gasteiger partial charge in [0, 0.05) is 36.2 Å². The number of nitrogens with two attached hydrogens (primary N) is 1. The van der Waals surface area contributed by atoms with Crippen LogP contribution < -0.4 is 11.1 Å². The van der Waals surface area contributed by atoms with Gasteiger partial charge in [0.25, 0.3) is 5.91 Å². The summed E-state index contributed by atoms with van der Waals surface area (Å²) in [5.41, 5.74) is 8.27. The zero-order valence-electron chi connectivity index (χ0n) is 14.2. The summed E-state index contributed by atoms with van der Waals surface area (Å²) in [5.74, 6) is 0.886. The number of carbonyl (C=O) groups is 1. The van der Waals surface area contributed by atoms with Crippen LogP contribution in [0.15, 0.2) is 53.7 Å². The Hall–Kier alpha value is -2.34. The largest absolute Gasteiger partial charge is 0.379 e. The van der Waals surface area contributed by atoms with Gasteiger partial charge in [0.15, 0.2) is 5.17 Å². The molecule has 6 heteroatoms. The van der Waals surface area contributed by atoms with Crippen LogP contribution in [-0.2, 0) is 12.0 Å². The minimum absolute atomic E-state index is 0.0742. The summed E-state index contributed by atoms with van der Waals surface area (Å²) < 4.78 is 0. The molecule has 1 aliphatic rings. The van der Waals surface area contributed by atoms with Crippen LogP contribution in [0.3, 0.4) is 0 Å². The quantitative estimate of drug-likeness (QED) is 0.865. The van der Waals surface area contributed by atoms with Crippen molar-refractivity contribution in [3.05, 3.63) is 65.5 Å². The van der Waals surface area contributed by atoms with E-state index in [4.69, 9.17) is 5.73 Å². The molecule has 3 N–H and O–H groups in total. The molecule has 0 saturated carbocycles. The zero-order valence-corrected chi connectivity index (χ0v) is 15.1. The number of rotatable bonds is 5. The second kappa shape index (κ2) is 7.70. The summed E-state index contributed by atoms with van der Waals surface area (Å²) in [6.07, 6.45) is 3.41. The number of benzene rings is 1. The number of aromatic nitrogens is 1. The molecule has 3 rings (SSSR count). The van der Waals surface area contributed by atoms with Gasteiger partial charge in [0.2, 0.25) is 0 Å². The lowest BCUT2D eigenvalue weighted by molar-refractivity contribution is 0.0954. The van der Waals surface area contributed by atoms with Crippen molar-refractivity contribution >= 4 is 22.8 Å². The number of amidine groups is 1. The smallest absolute Gasteiger partial charge is 0.251 e. The summed E-state index contributed by atoms with van der Waals surface area (Å²) in [5, 5.41) is 3.56. The Morgan fingerprint density at radius 2 is 2.08 bits per heavy atom. The van der Waals surface area contributed by atoms with Crippen molar-refractivity contribution in [1.29, 1.82) is 0 Å². The first kappa shape index (κ1) is 17.5. The molecule has 0 aliphatic carbocycles. The number of carbonyl (C=O) groups excluding carboxylic acids is 1. The fourth-order valence-electron chi connectivity index (χ4n) is 2.83. The van der Waals surface area contributed by atoms with Crippen LogP contribution in [0.1, 0.15) is 35.0 Å². The lowest BCUT2D eigenvalue weighted by Crippen LogP contribution is -2.29. The Labute approximate surface area is 152 Å². The number of hydrogen-bond donors (Lipinski definition) is 2. The number of aliphatic imine (C=N–C) groups is 1. The van der Waals surface area contributed by atoms with Gasteiger partial charge in [-0.05, 0) is 43.2 Å². The zero-order chi connectivity index (χ0) is 17.7. The minimum Gasteiger partial charge on any atom is -0.379 e. The average Bonchev–Trinajstić information content (AvgIpc) is 2.62. The number of thioether (sulfide) groups is 1. The van der Waals surface area contributed by atoms with Crippen molar-refractivity contribution < 1.29 is 4.79 Å². The van der Waals surface area contributed by atoms with E-state index in [1.807, 2.05) is 42.5 Å². The third kappa shape index (κ3) is 4.39. The highest BCUT2D eigenvalue weighted by Crippen LogP contribution is 2.34. The van der Waals surface area contributed by atoms with Crippen molar-refractivity contribution in [3.8, 4) is 0 Å². The Morgan fingerprint density at radius 1 is 1.28 bits per heavy atom. The van der Waals surface area contributed by atoms with Crippen LogP contribution in [0.5, 0.6) is 0 Å². The maximum Gasteiger partial charge on any atom is 0.251 e. The summed E-state index contributed by atoms with van der Waals surface area (Å²) in [6, 6.07) is 13.4. The van der Waals surface area contributed by atoms with E-state index in [1.54, 1.807) is 18.0 Å². The SMILES string of the molecule is CC1(c2ccc(C(=O)NCCc3ccccn3)cc2)CCSC(N)=N1. The molecule has 2 aromatic rings. The van der Waals surface area contributed by atoms with E-state index >= 15 is 0 Å². The maximum absolute atomic E-state index is 12.3. The van der Waals surface area contributed by atoms with E-state index in [1.165, 1.54) is 0 Å². The van der Waals surface area contributed by atoms with E-state index in [2.05, 4.69) is 22.2 Å². The number of hydrogen-bond acceptors (Lipinski definition) is 5. The molecule has 25 heavy (non-hydrogen) atoms. The van der Waals surface area contributed by atoms with Gasteiger partial charge in [0.05, 0.1) is 5.54 Å². The summed E-state index contributed by atoms with van der Waals surface area (Å²) in [6.45, 7) is 2.65. The molecule has 0 bridgehead atoms. The van der Waals surface area contributed by atoms with Crippen molar-refractivity contribution in [2.45, 2.75) is 25.3 Å². The summed E-state index contributed by atoms with van der Waals surface area (Å²) in [7, 11) is 0. The molecule has 1 aliphatic heterocycles. The number of amides is 1. The van der Waals surface area contributed by atoms with E-state index in [0.29, 0.717) is 23.7 Å². The molecule has 0 spiro atoms. The highest BCUT2D eigenvalue weighted by atomic mass is 32.2. The lowest BCUT2D eigenvalue weighted by atomic mass is 9.89. The molecule has 1 aromatic carbocycles. The third-order valence-corrected chi connectivity index (χ3v) is 5.15. The normalized spacial score (nSPS) is 20.0. The van der Waals surface area contributed by atoms with Gasteiger partial charge in [0.1, 0.15) is 0 Å². The predicted octanol–water partition coefficient (Wildman–Crippen LogP) is 2.72. The van der Waals surface area contributed by atoms with Crippen LogP contribution >= 0.6 is 11.8 Å². The molecule has 0 radical (unpaired) electrons. The summed E-state index contributed by atoms with van der Waals surface area (Å²) in [4.78, 5) is 21.1. The monoisotopic (exact) mass is 354 g/mol. The fourth-order valence-corrected chi connectivity index (χ4v) is 3.80. The van der Waals surface area contributed by atoms with Crippen molar-refractivity contribution in [2.75, 3.05) is 12.3 Å². The average molecular weight is 354 g/mol. The highest BCUT2D eigenvalue weighted by molar-refractivity contribution is 8.13. The van der Waals surface area contributed by atoms with E-state index in [0.717, 1.165) is 23.4 Å².